The number of piperidine rings is 1. The number of hydrogen-bond acceptors (Lipinski definition) is 4. The van der Waals surface area contributed by atoms with Crippen LogP contribution in [0.3, 0.4) is 0 Å². The summed E-state index contributed by atoms with van der Waals surface area (Å²) in [5.41, 5.74) is 5.49. The number of ketones is 1. The highest BCUT2D eigenvalue weighted by Crippen LogP contribution is 2.38. The molecule has 2 aliphatic rings. The van der Waals surface area contributed by atoms with Crippen LogP contribution in [0.4, 0.5) is 0 Å². The van der Waals surface area contributed by atoms with Gasteiger partial charge in [-0.15, -0.1) is 0 Å². The van der Waals surface area contributed by atoms with Gasteiger partial charge in [-0.1, -0.05) is 12.1 Å². The standard InChI is InChI=1S/C15H18N2O3/c16-14(19)10-17-7-5-15(6-8-17)9-12(18)11-3-1-2-4-13(11)20-15/h1-4H,5-10H2,(H2,16,19). The number of benzene rings is 1. The third-order valence-corrected chi connectivity index (χ3v) is 4.14. The Morgan fingerprint density at radius 3 is 2.70 bits per heavy atom. The van der Waals surface area contributed by atoms with Gasteiger partial charge in [0.25, 0.3) is 0 Å². The van der Waals surface area contributed by atoms with Crippen LogP contribution in [0.15, 0.2) is 24.3 Å². The Kier molecular flexibility index (Phi) is 3.22. The summed E-state index contributed by atoms with van der Waals surface area (Å²) in [7, 11) is 0. The van der Waals surface area contributed by atoms with Crippen LogP contribution < -0.4 is 10.5 Å². The molecule has 0 bridgehead atoms. The maximum absolute atomic E-state index is 12.3. The molecule has 1 aromatic carbocycles. The zero-order chi connectivity index (χ0) is 14.2. The summed E-state index contributed by atoms with van der Waals surface area (Å²) >= 11 is 0. The van der Waals surface area contributed by atoms with E-state index in [-0.39, 0.29) is 18.2 Å². The predicted octanol–water partition coefficient (Wildman–Crippen LogP) is 0.972. The number of primary amides is 1. The molecular weight excluding hydrogens is 256 g/mol. The molecule has 0 atom stereocenters. The summed E-state index contributed by atoms with van der Waals surface area (Å²) in [5.74, 6) is 0.522. The minimum absolute atomic E-state index is 0.148. The molecule has 3 rings (SSSR count). The molecule has 2 N–H and O–H groups in total. The van der Waals surface area contributed by atoms with Crippen molar-refractivity contribution >= 4 is 11.7 Å². The third-order valence-electron chi connectivity index (χ3n) is 4.14. The number of nitrogens with two attached hydrogens (primary N) is 1. The van der Waals surface area contributed by atoms with Crippen LogP contribution in [0.5, 0.6) is 5.75 Å². The fourth-order valence-corrected chi connectivity index (χ4v) is 3.06. The molecule has 2 aliphatic heterocycles. The van der Waals surface area contributed by atoms with Gasteiger partial charge in [0, 0.05) is 25.9 Å². The smallest absolute Gasteiger partial charge is 0.231 e. The van der Waals surface area contributed by atoms with Crippen LogP contribution in [0.2, 0.25) is 0 Å². The molecule has 0 saturated carbocycles. The van der Waals surface area contributed by atoms with Gasteiger partial charge in [-0.2, -0.15) is 0 Å². The Labute approximate surface area is 117 Å². The summed E-state index contributed by atoms with van der Waals surface area (Å²) in [4.78, 5) is 25.2. The first-order valence-electron chi connectivity index (χ1n) is 6.90. The molecule has 1 spiro atoms. The number of carbonyl (C=O) groups excluding carboxylic acids is 2. The number of nitrogens with zero attached hydrogens (tertiary/aromatic N) is 1. The van der Waals surface area contributed by atoms with E-state index in [1.54, 1.807) is 0 Å². The molecule has 5 nitrogen and oxygen atoms in total. The highest BCUT2D eigenvalue weighted by Gasteiger charge is 2.42. The second-order valence-corrected chi connectivity index (χ2v) is 5.62. The minimum atomic E-state index is -0.403. The molecule has 0 unspecified atom stereocenters. The molecule has 1 amide bonds. The van der Waals surface area contributed by atoms with E-state index < -0.39 is 5.60 Å². The van der Waals surface area contributed by atoms with Crippen LogP contribution in [0.1, 0.15) is 29.6 Å². The molecule has 0 aromatic heterocycles. The van der Waals surface area contributed by atoms with Crippen LogP contribution in [0.25, 0.3) is 0 Å². The van der Waals surface area contributed by atoms with Gasteiger partial charge in [-0.3, -0.25) is 14.5 Å². The van der Waals surface area contributed by atoms with E-state index in [9.17, 15) is 9.59 Å². The molecule has 0 radical (unpaired) electrons. The van der Waals surface area contributed by atoms with Crippen molar-refractivity contribution in [1.82, 2.24) is 4.90 Å². The van der Waals surface area contributed by atoms with Crippen molar-refractivity contribution < 1.29 is 14.3 Å². The zero-order valence-electron chi connectivity index (χ0n) is 11.3. The van der Waals surface area contributed by atoms with Crippen LogP contribution >= 0.6 is 0 Å². The number of Topliss-reactive ketones (excluding diaryl/α,β-unsaturated/α-hetero) is 1. The van der Waals surface area contributed by atoms with E-state index in [4.69, 9.17) is 10.5 Å². The number of ether oxygens (including phenoxy) is 1. The predicted molar refractivity (Wildman–Crippen MR) is 73.6 cm³/mol. The largest absolute Gasteiger partial charge is 0.486 e. The summed E-state index contributed by atoms with van der Waals surface area (Å²) in [6.45, 7) is 1.75. The maximum Gasteiger partial charge on any atom is 0.231 e. The second kappa shape index (κ2) is 4.90. The normalized spacial score (nSPS) is 21.3. The molecule has 106 valence electrons. The van der Waals surface area contributed by atoms with Crippen molar-refractivity contribution in [2.24, 2.45) is 5.73 Å². The lowest BCUT2D eigenvalue weighted by Gasteiger charge is -2.43. The van der Waals surface area contributed by atoms with Crippen molar-refractivity contribution in [3.8, 4) is 5.75 Å². The highest BCUT2D eigenvalue weighted by atomic mass is 16.5. The number of fused-ring (bicyclic) bond motifs is 1. The number of carbonyl (C=O) groups is 2. The lowest BCUT2D eigenvalue weighted by molar-refractivity contribution is -0.120. The van der Waals surface area contributed by atoms with Crippen molar-refractivity contribution in [3.05, 3.63) is 29.8 Å². The topological polar surface area (TPSA) is 72.6 Å². The van der Waals surface area contributed by atoms with E-state index in [1.165, 1.54) is 0 Å². The van der Waals surface area contributed by atoms with Gasteiger partial charge in [0.2, 0.25) is 5.91 Å². The van der Waals surface area contributed by atoms with Crippen molar-refractivity contribution in [2.45, 2.75) is 24.9 Å². The highest BCUT2D eigenvalue weighted by molar-refractivity contribution is 6.00. The summed E-state index contributed by atoms with van der Waals surface area (Å²) in [6.07, 6.45) is 1.93. The molecule has 1 fully saturated rings. The van der Waals surface area contributed by atoms with Gasteiger partial charge in [0.05, 0.1) is 18.5 Å². The minimum Gasteiger partial charge on any atom is -0.486 e. The SMILES string of the molecule is NC(=O)CN1CCC2(CC1)CC(=O)c1ccccc1O2. The van der Waals surface area contributed by atoms with Crippen molar-refractivity contribution in [2.75, 3.05) is 19.6 Å². The fraction of sp³-hybridized carbons (Fsp3) is 0.467. The Bertz CT molecular complexity index is 548. The first kappa shape index (κ1) is 13.1. The van der Waals surface area contributed by atoms with Crippen molar-refractivity contribution in [3.63, 3.8) is 0 Å². The lowest BCUT2D eigenvalue weighted by Crippen LogP contribution is -2.52. The fourth-order valence-electron chi connectivity index (χ4n) is 3.06. The Hall–Kier alpha value is -1.88. The van der Waals surface area contributed by atoms with Crippen LogP contribution in [-0.2, 0) is 4.79 Å². The second-order valence-electron chi connectivity index (χ2n) is 5.62. The van der Waals surface area contributed by atoms with Gasteiger partial charge in [0.15, 0.2) is 5.78 Å². The molecule has 1 saturated heterocycles. The summed E-state index contributed by atoms with van der Waals surface area (Å²) in [6, 6.07) is 7.40. The molecule has 2 heterocycles. The van der Waals surface area contributed by atoms with E-state index in [0.29, 0.717) is 17.7 Å². The van der Waals surface area contributed by atoms with Gasteiger partial charge < -0.3 is 10.5 Å². The van der Waals surface area contributed by atoms with E-state index in [1.807, 2.05) is 29.2 Å². The van der Waals surface area contributed by atoms with Gasteiger partial charge in [-0.05, 0) is 12.1 Å². The van der Waals surface area contributed by atoms with Gasteiger partial charge >= 0.3 is 0 Å². The molecule has 1 aromatic rings. The van der Waals surface area contributed by atoms with Gasteiger partial charge in [0.1, 0.15) is 11.4 Å². The molecule has 0 aliphatic carbocycles. The number of likely N-dealkylation sites (tertiary alicyclic amines) is 1. The Balaban J connectivity index is 1.74. The maximum atomic E-state index is 12.3. The van der Waals surface area contributed by atoms with Crippen LogP contribution in [-0.4, -0.2) is 41.8 Å². The Morgan fingerprint density at radius 2 is 2.00 bits per heavy atom. The molecular formula is C15H18N2O3. The molecule has 20 heavy (non-hydrogen) atoms. The van der Waals surface area contributed by atoms with E-state index in [2.05, 4.69) is 0 Å². The third kappa shape index (κ3) is 2.41. The number of para-hydroxylation sites is 1. The first-order valence-corrected chi connectivity index (χ1v) is 6.90. The molecule has 5 heteroatoms. The van der Waals surface area contributed by atoms with E-state index in [0.717, 1.165) is 25.9 Å². The first-order chi connectivity index (χ1) is 9.58. The zero-order valence-corrected chi connectivity index (χ0v) is 11.3. The summed E-state index contributed by atoms with van der Waals surface area (Å²) in [5, 5.41) is 0. The average Bonchev–Trinajstić information content (AvgIpc) is 2.41. The number of amides is 1. The lowest BCUT2D eigenvalue weighted by atomic mass is 9.82. The van der Waals surface area contributed by atoms with Crippen LogP contribution in [0, 0.1) is 0 Å². The quantitative estimate of drug-likeness (QED) is 0.872. The van der Waals surface area contributed by atoms with Gasteiger partial charge in [-0.25, -0.2) is 0 Å². The number of hydrogen-bond donors (Lipinski definition) is 1. The number of rotatable bonds is 2. The summed E-state index contributed by atoms with van der Waals surface area (Å²) < 4.78 is 6.12. The average molecular weight is 274 g/mol. The Morgan fingerprint density at radius 1 is 1.30 bits per heavy atom. The monoisotopic (exact) mass is 274 g/mol. The van der Waals surface area contributed by atoms with E-state index >= 15 is 0 Å². The van der Waals surface area contributed by atoms with Crippen molar-refractivity contribution in [1.29, 1.82) is 0 Å².